The van der Waals surface area contributed by atoms with E-state index in [9.17, 15) is 54.3 Å². The zero-order valence-corrected chi connectivity index (χ0v) is 53.3. The van der Waals surface area contributed by atoms with Gasteiger partial charge in [-0.1, -0.05) is 155 Å². The Kier molecular flexibility index (Phi) is 15.4. The van der Waals surface area contributed by atoms with Crippen molar-refractivity contribution in [1.29, 1.82) is 0 Å². The van der Waals surface area contributed by atoms with E-state index in [1.165, 1.54) is 47.6 Å². The number of carbonyl (C=O) groups is 2. The molecule has 0 fully saturated rings. The average Bonchev–Trinajstić information content (AvgIpc) is 1.52. The fourth-order valence-electron chi connectivity index (χ4n) is 9.89. The summed E-state index contributed by atoms with van der Waals surface area (Å²) in [5.74, 6) is -6.61. The summed E-state index contributed by atoms with van der Waals surface area (Å²) < 4.78 is 323. The molecule has 0 aliphatic heterocycles. The molecule has 1 unspecified atom stereocenters. The largest absolute Gasteiger partial charge is 0.416 e. The van der Waals surface area contributed by atoms with Crippen LogP contribution in [-0.4, -0.2) is 103 Å². The van der Waals surface area contributed by atoms with Crippen molar-refractivity contribution in [1.82, 2.24) is 38.7 Å². The SMILES string of the molecule is [2H]C([2H])(Sc1nc(=O)c2c(n1CC(=O)N(CCN(C([2H])([2H])C)C([2H])([2H])C)Cc1ccc(-c3ccc(C(F)(F)F)cc3)cc1)CCC2)c1ccc(F)cc1.[2H]c1c([2H])c(C([2H])([2H])Sc2nc(=O)c3c(n2CC(=O)N(CCN(CC)CC)Cc2c([2H])c([2H])c(-c4c([2H])c([2H])c(C(F)(F)F)c([2H])c4[2H])c([2H])c2[2H])C([2H])([2H])C([2H])(C)C3([2H])[2H])c([2H])c([2H])c1F. The van der Waals surface area contributed by atoms with Gasteiger partial charge in [-0.25, -0.2) is 8.78 Å². The number of thioether (sulfide) groups is 2. The summed E-state index contributed by atoms with van der Waals surface area (Å²) in [7, 11) is 0. The topological polar surface area (TPSA) is 117 Å². The van der Waals surface area contributed by atoms with Crippen LogP contribution in [0.15, 0.2) is 165 Å². The zero-order chi connectivity index (χ0) is 90.1. The van der Waals surface area contributed by atoms with Crippen molar-refractivity contribution < 1.29 is 79.0 Å². The van der Waals surface area contributed by atoms with E-state index in [0.717, 1.165) is 41.0 Å². The molecule has 2 amide bonds. The second-order valence-electron chi connectivity index (χ2n) is 21.2. The Bertz CT molecular complexity index is 5310. The summed E-state index contributed by atoms with van der Waals surface area (Å²) in [5, 5.41) is -0.954. The number of halogens is 8. The molecule has 6 aromatic carbocycles. The average molecular weight is 1370 g/mol. The third-order valence-corrected chi connectivity index (χ3v) is 16.6. The molecule has 8 aromatic rings. The standard InChI is InChI=1S/C37H40F4N4O2S.C36H38F4N4O2S/c1-4-43(5-2)18-19-44(22-26-6-10-28(11-7-26)29-12-14-30(15-13-29)37(39,40)41)34(46)23-45-33-21-25(3)20-32(33)35(47)42-36(45)48-24-27-8-16-31(38)17-9-27;1-3-42(4-2)20-21-43(22-25-8-12-27(13-9-25)28-14-16-29(17-15-28)36(38,39)40)33(45)23-44-32-7-5-6-31(32)34(46)41-35(44)47-24-26-10-18-30(37)19-11-26/h6-17,25H,4-5,18-24H2,1-3H3;8-19H,3-7,20-24H2,1-2H3/i6D,7D,8D,9D,10D,11D,12D,13D,14D,15D,16D,17D,20D2,21D2,24D2,25D;3D2,4D2,24D2. The van der Waals surface area contributed by atoms with Gasteiger partial charge in [-0.15, -0.1) is 0 Å². The Morgan fingerprint density at radius 2 is 1.02 bits per heavy atom. The number of rotatable bonds is 26. The lowest BCUT2D eigenvalue weighted by Crippen LogP contribution is -2.40. The summed E-state index contributed by atoms with van der Waals surface area (Å²) in [4.78, 5) is 68.9. The van der Waals surface area contributed by atoms with Gasteiger partial charge in [0.2, 0.25) is 11.8 Å². The van der Waals surface area contributed by atoms with Crippen LogP contribution >= 0.6 is 23.5 Å². The molecule has 12 nitrogen and oxygen atoms in total. The highest BCUT2D eigenvalue weighted by molar-refractivity contribution is 7.98. The van der Waals surface area contributed by atoms with Gasteiger partial charge in [-0.2, -0.15) is 36.3 Å². The minimum absolute atomic E-state index is 0.00586. The van der Waals surface area contributed by atoms with Crippen molar-refractivity contribution >= 4 is 35.3 Å². The predicted octanol–water partition coefficient (Wildman–Crippen LogP) is 14.7. The Morgan fingerprint density at radius 3 is 1.56 bits per heavy atom. The fraction of sp³-hybridized carbons (Fsp3) is 0.370. The van der Waals surface area contributed by atoms with Crippen molar-refractivity contribution in [2.24, 2.45) is 5.89 Å². The van der Waals surface area contributed by atoms with E-state index in [1.54, 1.807) is 43.0 Å². The third kappa shape index (κ3) is 19.2. The normalized spacial score (nSPS) is 19.8. The van der Waals surface area contributed by atoms with E-state index in [-0.39, 0.29) is 61.8 Å². The van der Waals surface area contributed by atoms with Crippen LogP contribution in [0.25, 0.3) is 22.3 Å². The van der Waals surface area contributed by atoms with E-state index in [0.29, 0.717) is 76.6 Å². The molecule has 22 heteroatoms. The lowest BCUT2D eigenvalue weighted by molar-refractivity contribution is -0.138. The van der Waals surface area contributed by atoms with Crippen LogP contribution in [0.1, 0.15) is 131 Å². The van der Waals surface area contributed by atoms with Gasteiger partial charge in [0.15, 0.2) is 10.3 Å². The van der Waals surface area contributed by atoms with Gasteiger partial charge in [0.25, 0.3) is 11.1 Å². The minimum atomic E-state index is -5.35. The number of nitrogens with zero attached hydrogens (tertiary/aromatic N) is 8. The molecule has 2 aromatic heterocycles. The number of likely N-dealkylation sites (N-methyl/N-ethyl adjacent to an activating group) is 2. The molecule has 1 atom stereocenters. The molecule has 2 heterocycles. The van der Waals surface area contributed by atoms with Crippen LogP contribution in [0.2, 0.25) is 0 Å². The molecule has 0 radical (unpaired) electrons. The van der Waals surface area contributed by atoms with Gasteiger partial charge < -0.3 is 28.7 Å². The highest BCUT2D eigenvalue weighted by Gasteiger charge is 2.33. The second kappa shape index (κ2) is 32.7. The molecule has 0 saturated heterocycles. The van der Waals surface area contributed by atoms with Crippen molar-refractivity contribution in [3.63, 3.8) is 0 Å². The number of fused-ring (bicyclic) bond motifs is 2. The lowest BCUT2D eigenvalue weighted by atomic mass is 10.0. The number of aromatic nitrogens is 4. The quantitative estimate of drug-likeness (QED) is 0.0295. The second-order valence-corrected chi connectivity index (χ2v) is 22.7. The molecule has 10 rings (SSSR count). The maximum absolute atomic E-state index is 14.8. The van der Waals surface area contributed by atoms with Gasteiger partial charge in [0.05, 0.1) is 27.6 Å². The first-order valence-corrected chi connectivity index (χ1v) is 31.1. The number of hydrogen-bond acceptors (Lipinski definition) is 10. The third-order valence-electron chi connectivity index (χ3n) is 15.0. The maximum Gasteiger partial charge on any atom is 0.416 e. The van der Waals surface area contributed by atoms with E-state index in [2.05, 4.69) is 9.97 Å². The molecule has 95 heavy (non-hydrogen) atoms. The molecular weight excluding hydrogens is 1270 g/mol. The van der Waals surface area contributed by atoms with Crippen molar-refractivity contribution in [3.05, 3.63) is 234 Å². The smallest absolute Gasteiger partial charge is 0.336 e. The molecule has 0 saturated carbocycles. The highest BCUT2D eigenvalue weighted by Crippen LogP contribution is 2.35. The summed E-state index contributed by atoms with van der Waals surface area (Å²) >= 11 is 0.472. The Labute approximate surface area is 592 Å². The van der Waals surface area contributed by atoms with E-state index >= 15 is 0 Å². The van der Waals surface area contributed by atoms with Gasteiger partial charge in [0.1, 0.15) is 24.7 Å². The molecule has 0 spiro atoms. The number of carbonyl (C=O) groups excluding carboxylic acids is 2. The Morgan fingerprint density at radius 1 is 0.547 bits per heavy atom. The van der Waals surface area contributed by atoms with E-state index < -0.39 is 225 Å². The van der Waals surface area contributed by atoms with Gasteiger partial charge in [0, 0.05) is 91.0 Å². The van der Waals surface area contributed by atoms with Gasteiger partial charge in [-0.05, 0) is 157 Å². The van der Waals surface area contributed by atoms with E-state index in [1.807, 2.05) is 0 Å². The number of amides is 2. The van der Waals surface area contributed by atoms with Gasteiger partial charge in [-0.3, -0.25) is 19.2 Å². The van der Waals surface area contributed by atoms with Crippen LogP contribution in [0.4, 0.5) is 35.1 Å². The van der Waals surface area contributed by atoms with Gasteiger partial charge >= 0.3 is 12.4 Å². The molecule has 0 N–H and O–H groups in total. The molecular formula is C73H78F8N8O4S2. The molecule has 502 valence electrons. The van der Waals surface area contributed by atoms with Crippen LogP contribution in [-0.2, 0) is 85.1 Å². The Hall–Kier alpha value is -7.92. The van der Waals surface area contributed by atoms with Crippen LogP contribution < -0.4 is 11.1 Å². The van der Waals surface area contributed by atoms with Crippen molar-refractivity contribution in [2.45, 2.75) is 127 Å². The van der Waals surface area contributed by atoms with Crippen molar-refractivity contribution in [2.75, 3.05) is 52.3 Å². The summed E-state index contributed by atoms with van der Waals surface area (Å²) in [6.07, 6.45) is -14.6. The monoisotopic (exact) mass is 1370 g/mol. The first-order chi connectivity index (χ1) is 55.2. The molecule has 2 aliphatic rings. The Balaban J connectivity index is 0.000000280. The summed E-state index contributed by atoms with van der Waals surface area (Å²) in [6, 6.07) is 1.78. The number of alkyl halides is 6. The van der Waals surface area contributed by atoms with Crippen molar-refractivity contribution in [3.8, 4) is 22.3 Å². The zero-order valence-electron chi connectivity index (χ0n) is 76.7. The summed E-state index contributed by atoms with van der Waals surface area (Å²) in [5.41, 5.74) is -12.6. The maximum atomic E-state index is 14.8. The van der Waals surface area contributed by atoms with E-state index in [4.69, 9.17) is 34.3 Å². The lowest BCUT2D eigenvalue weighted by Gasteiger charge is -2.28. The minimum Gasteiger partial charge on any atom is -0.336 e. The number of benzene rings is 6. The predicted molar refractivity (Wildman–Crippen MR) is 358 cm³/mol. The summed E-state index contributed by atoms with van der Waals surface area (Å²) in [6.45, 7) is 0.452. The number of hydrogen-bond donors (Lipinski definition) is 0. The fourth-order valence-corrected chi connectivity index (χ4v) is 11.3. The van der Waals surface area contributed by atoms with Crippen LogP contribution in [0.3, 0.4) is 0 Å². The van der Waals surface area contributed by atoms with Crippen LogP contribution in [0.5, 0.6) is 0 Å². The highest BCUT2D eigenvalue weighted by atomic mass is 32.2. The first-order valence-electron chi connectivity index (χ1n) is 42.0. The molecule has 0 bridgehead atoms. The first kappa shape index (κ1) is 44.7. The molecule has 2 aliphatic carbocycles. The van der Waals surface area contributed by atoms with Crippen LogP contribution in [0, 0.1) is 17.5 Å².